The Morgan fingerprint density at radius 3 is 0.286 bits per heavy atom. The second kappa shape index (κ2) is 37.3. The van der Waals surface area contributed by atoms with Gasteiger partial charge in [-0.25, -0.2) is 0 Å². The molecular formula is Gd3Pb4. The molecular weight excluding hydrogens is 1300 g/mol. The van der Waals surface area contributed by atoms with Crippen molar-refractivity contribution in [1.29, 1.82) is 0 Å². The zero-order valence-electron chi connectivity index (χ0n) is 3.06. The molecule has 0 unspecified atom stereocenters. The van der Waals surface area contributed by atoms with Crippen LogP contribution in [0.5, 0.6) is 0 Å². The molecule has 0 aliphatic heterocycles. The summed E-state index contributed by atoms with van der Waals surface area (Å²) in [5.41, 5.74) is 0. The van der Waals surface area contributed by atoms with E-state index in [2.05, 4.69) is 0 Å². The fourth-order valence-corrected chi connectivity index (χ4v) is 0. The molecule has 0 fully saturated rings. The van der Waals surface area contributed by atoms with Crippen molar-refractivity contribution in [3.05, 3.63) is 0 Å². The Labute approximate surface area is 221 Å². The first-order valence-electron chi connectivity index (χ1n) is 0. The Balaban J connectivity index is 0. The van der Waals surface area contributed by atoms with Crippen molar-refractivity contribution in [2.24, 2.45) is 0 Å². The first kappa shape index (κ1) is 46.6. The van der Waals surface area contributed by atoms with E-state index in [1.54, 1.807) is 0 Å². The molecule has 7 heavy (non-hydrogen) atoms. The van der Waals surface area contributed by atoms with Gasteiger partial charge < -0.3 is 0 Å². The van der Waals surface area contributed by atoms with Gasteiger partial charge in [-0.2, -0.15) is 0 Å². The van der Waals surface area contributed by atoms with Crippen molar-refractivity contribution in [2.45, 2.75) is 0 Å². The van der Waals surface area contributed by atoms with E-state index < -0.39 is 0 Å². The molecule has 0 N–H and O–H groups in total. The fourth-order valence-electron chi connectivity index (χ4n) is 0. The average molecular weight is 1300 g/mol. The maximum atomic E-state index is 0. The maximum Gasteiger partial charge on any atom is 0 e. The van der Waals surface area contributed by atoms with E-state index in [0.29, 0.717) is 0 Å². The Hall–Kier alpha value is 7.66. The van der Waals surface area contributed by atoms with Gasteiger partial charge in [-0.15, -0.1) is 0 Å². The number of rotatable bonds is 0. The molecule has 0 amide bonds. The average Bonchev–Trinajstić information content (AvgIpc) is 0. The van der Waals surface area contributed by atoms with E-state index in [-0.39, 0.29) is 229 Å². The van der Waals surface area contributed by atoms with E-state index in [9.17, 15) is 0 Å². The zero-order valence-corrected chi connectivity index (χ0v) is 25.4. The van der Waals surface area contributed by atoms with Crippen LogP contribution in [0.3, 0.4) is 0 Å². The van der Waals surface area contributed by atoms with Crippen LogP contribution in [0.4, 0.5) is 0 Å². The Morgan fingerprint density at radius 2 is 0.286 bits per heavy atom. The van der Waals surface area contributed by atoms with E-state index in [0.717, 1.165) is 0 Å². The summed E-state index contributed by atoms with van der Waals surface area (Å²) in [5, 5.41) is 0. The molecule has 0 nitrogen and oxygen atoms in total. The van der Waals surface area contributed by atoms with Gasteiger partial charge >= 0.3 is 0 Å². The van der Waals surface area contributed by atoms with Gasteiger partial charge in [-0.3, -0.25) is 0 Å². The molecule has 7 heteroatoms. The van der Waals surface area contributed by atoms with Crippen molar-refractivity contribution < 1.29 is 120 Å². The van der Waals surface area contributed by atoms with Gasteiger partial charge in [-0.1, -0.05) is 0 Å². The van der Waals surface area contributed by atoms with Crippen LogP contribution in [0.15, 0.2) is 0 Å². The molecule has 0 aromatic rings. The van der Waals surface area contributed by atoms with Gasteiger partial charge in [0, 0.05) is 229 Å². The van der Waals surface area contributed by atoms with E-state index >= 15 is 0 Å². The standard InChI is InChI=1S/3Gd.4Pb. The Kier molecular flexibility index (Phi) is 248. The summed E-state index contributed by atoms with van der Waals surface area (Å²) in [6.07, 6.45) is 0. The van der Waals surface area contributed by atoms with Crippen LogP contribution in [0.2, 0.25) is 0 Å². The molecule has 0 rings (SSSR count). The minimum Gasteiger partial charge on any atom is 0 e. The Morgan fingerprint density at radius 1 is 0.286 bits per heavy atom. The molecule has 0 aromatic heterocycles. The molecule has 0 spiro atoms. The molecule has 0 aliphatic carbocycles. The normalized spacial score (nSPS) is 0. The third-order valence-corrected chi connectivity index (χ3v) is 0. The van der Waals surface area contributed by atoms with Gasteiger partial charge in [0.1, 0.15) is 0 Å². The third kappa shape index (κ3) is 31.6. The topological polar surface area (TPSA) is 0 Å². The third-order valence-electron chi connectivity index (χ3n) is 0. The van der Waals surface area contributed by atoms with Crippen LogP contribution in [-0.4, -0.2) is 109 Å². The summed E-state index contributed by atoms with van der Waals surface area (Å²) in [7, 11) is 0. The predicted octanol–water partition coefficient (Wildman–Crippen LogP) is -1.52. The van der Waals surface area contributed by atoms with Crippen LogP contribution < -0.4 is 0 Å². The van der Waals surface area contributed by atoms with E-state index in [1.807, 2.05) is 0 Å². The van der Waals surface area contributed by atoms with Crippen LogP contribution in [0.25, 0.3) is 0 Å². The molecule has 0 aliphatic rings. The van der Waals surface area contributed by atoms with Crippen molar-refractivity contribution in [1.82, 2.24) is 0 Å². The fraction of sp³-hybridized carbons (Fsp3) is 0. The minimum absolute atomic E-state index is 0. The molecule has 0 heterocycles. The summed E-state index contributed by atoms with van der Waals surface area (Å²) >= 11 is 0. The number of hydrogen-bond acceptors (Lipinski definition) is 0. The van der Waals surface area contributed by atoms with Crippen molar-refractivity contribution in [3.63, 3.8) is 0 Å². The molecule has 0 saturated heterocycles. The predicted molar refractivity (Wildman–Crippen MR) is 23.0 cm³/mol. The van der Waals surface area contributed by atoms with Crippen LogP contribution in [0, 0.1) is 120 Å². The summed E-state index contributed by atoms with van der Waals surface area (Å²) < 4.78 is 0. The second-order valence-corrected chi connectivity index (χ2v) is 0. The summed E-state index contributed by atoms with van der Waals surface area (Å²) in [4.78, 5) is 0. The first-order chi connectivity index (χ1) is 0. The second-order valence-electron chi connectivity index (χ2n) is 0. The SMILES string of the molecule is [Gd].[Gd].[Gd].[Pb].[Pb].[Pb].[Pb]. The van der Waals surface area contributed by atoms with Crippen LogP contribution in [-0.2, 0) is 0 Å². The molecule has 40 valence electrons. The van der Waals surface area contributed by atoms with Crippen molar-refractivity contribution in [2.75, 3.05) is 0 Å². The minimum atomic E-state index is 0. The van der Waals surface area contributed by atoms with Gasteiger partial charge in [0.05, 0.1) is 0 Å². The smallest absolute Gasteiger partial charge is 0 e. The molecule has 0 saturated carbocycles. The maximum absolute atomic E-state index is 0. The molecule has 0 bridgehead atoms. The largest absolute Gasteiger partial charge is 0 e. The molecule has 0 atom stereocenters. The quantitative estimate of drug-likeness (QED) is 0.259. The van der Waals surface area contributed by atoms with Gasteiger partial charge in [0.15, 0.2) is 0 Å². The first-order valence-corrected chi connectivity index (χ1v) is 0. The van der Waals surface area contributed by atoms with Crippen molar-refractivity contribution in [3.8, 4) is 0 Å². The monoisotopic (exact) mass is 1310 g/mol. The Bertz CT molecular complexity index is 6.90. The summed E-state index contributed by atoms with van der Waals surface area (Å²) in [6, 6.07) is 0. The van der Waals surface area contributed by atoms with Gasteiger partial charge in [0.2, 0.25) is 0 Å². The van der Waals surface area contributed by atoms with Gasteiger partial charge in [0.25, 0.3) is 0 Å². The molecule has 0 aromatic carbocycles. The van der Waals surface area contributed by atoms with Gasteiger partial charge in [-0.05, 0) is 0 Å². The van der Waals surface area contributed by atoms with Crippen LogP contribution >= 0.6 is 0 Å². The zero-order chi connectivity index (χ0) is 0. The van der Waals surface area contributed by atoms with E-state index in [1.165, 1.54) is 0 Å². The number of hydrogen-bond donors (Lipinski definition) is 0. The van der Waals surface area contributed by atoms with Crippen molar-refractivity contribution >= 4 is 109 Å². The van der Waals surface area contributed by atoms with Crippen LogP contribution in [0.1, 0.15) is 0 Å². The molecule has 16 radical (unpaired) electrons. The summed E-state index contributed by atoms with van der Waals surface area (Å²) in [5.74, 6) is 0. The van der Waals surface area contributed by atoms with E-state index in [4.69, 9.17) is 0 Å². The summed E-state index contributed by atoms with van der Waals surface area (Å²) in [6.45, 7) is 0.